The molecule has 0 aliphatic rings. The molecule has 20 heavy (non-hydrogen) atoms. The first-order chi connectivity index (χ1) is 9.63. The van der Waals surface area contributed by atoms with Crippen LogP contribution in [0.3, 0.4) is 0 Å². The first-order valence-electron chi connectivity index (χ1n) is 6.92. The summed E-state index contributed by atoms with van der Waals surface area (Å²) in [5, 5.41) is 3.57. The van der Waals surface area contributed by atoms with Gasteiger partial charge in [-0.25, -0.2) is 4.98 Å². The Labute approximate surface area is 124 Å². The number of carbonyl (C=O) groups excluding carboxylic acids is 1. The van der Waals surface area contributed by atoms with Gasteiger partial charge in [-0.15, -0.1) is 11.3 Å². The lowest BCUT2D eigenvalue weighted by Gasteiger charge is -2.03. The van der Waals surface area contributed by atoms with Gasteiger partial charge in [-0.2, -0.15) is 0 Å². The van der Waals surface area contributed by atoms with Gasteiger partial charge < -0.3 is 5.32 Å². The molecule has 1 N–H and O–H groups in total. The molecule has 1 aromatic carbocycles. The third kappa shape index (κ3) is 4.78. The monoisotopic (exact) mass is 288 g/mol. The Morgan fingerprint density at radius 3 is 2.75 bits per heavy atom. The summed E-state index contributed by atoms with van der Waals surface area (Å²) in [6.07, 6.45) is 4.18. The summed E-state index contributed by atoms with van der Waals surface area (Å²) in [6.45, 7) is 4.24. The molecular formula is C16H20N2OS. The topological polar surface area (TPSA) is 42.0 Å². The minimum Gasteiger partial charge on any atom is -0.302 e. The van der Waals surface area contributed by atoms with Crippen LogP contribution in [0.15, 0.2) is 36.5 Å². The van der Waals surface area contributed by atoms with E-state index < -0.39 is 0 Å². The van der Waals surface area contributed by atoms with Crippen molar-refractivity contribution in [1.82, 2.24) is 4.98 Å². The van der Waals surface area contributed by atoms with Gasteiger partial charge >= 0.3 is 0 Å². The lowest BCUT2D eigenvalue weighted by Crippen LogP contribution is -2.11. The first kappa shape index (κ1) is 14.7. The molecule has 0 unspecified atom stereocenters. The predicted molar refractivity (Wildman–Crippen MR) is 84.1 cm³/mol. The highest BCUT2D eigenvalue weighted by Gasteiger charge is 2.08. The Balaban J connectivity index is 1.87. The summed E-state index contributed by atoms with van der Waals surface area (Å²) in [7, 11) is 0. The summed E-state index contributed by atoms with van der Waals surface area (Å²) in [5.41, 5.74) is 1.26. The van der Waals surface area contributed by atoms with Crippen LogP contribution in [0.1, 0.15) is 37.1 Å². The van der Waals surface area contributed by atoms with Crippen molar-refractivity contribution >= 4 is 22.4 Å². The zero-order chi connectivity index (χ0) is 14.4. The maximum absolute atomic E-state index is 11.7. The Hall–Kier alpha value is -1.68. The average molecular weight is 288 g/mol. The van der Waals surface area contributed by atoms with Gasteiger partial charge in [0.05, 0.1) is 0 Å². The van der Waals surface area contributed by atoms with Crippen molar-refractivity contribution in [3.63, 3.8) is 0 Å². The Morgan fingerprint density at radius 1 is 1.30 bits per heavy atom. The lowest BCUT2D eigenvalue weighted by molar-refractivity contribution is -0.116. The zero-order valence-corrected chi connectivity index (χ0v) is 12.7. The molecule has 0 saturated carbocycles. The van der Waals surface area contributed by atoms with Crippen LogP contribution in [-0.4, -0.2) is 10.9 Å². The molecule has 0 bridgehead atoms. The van der Waals surface area contributed by atoms with Crippen LogP contribution in [0.5, 0.6) is 0 Å². The molecule has 0 fully saturated rings. The molecule has 0 aliphatic carbocycles. The van der Waals surface area contributed by atoms with E-state index in [-0.39, 0.29) is 5.91 Å². The van der Waals surface area contributed by atoms with Crippen LogP contribution in [-0.2, 0) is 11.2 Å². The summed E-state index contributed by atoms with van der Waals surface area (Å²) in [6, 6.07) is 10.3. The molecule has 4 heteroatoms. The van der Waals surface area contributed by atoms with Crippen molar-refractivity contribution < 1.29 is 4.79 Å². The number of benzene rings is 1. The van der Waals surface area contributed by atoms with Crippen molar-refractivity contribution in [2.45, 2.75) is 33.1 Å². The lowest BCUT2D eigenvalue weighted by atomic mass is 10.1. The fourth-order valence-electron chi connectivity index (χ4n) is 1.85. The number of hydrogen-bond acceptors (Lipinski definition) is 3. The number of thiazole rings is 1. The van der Waals surface area contributed by atoms with Crippen LogP contribution in [0.4, 0.5) is 5.13 Å². The zero-order valence-electron chi connectivity index (χ0n) is 11.9. The number of anilines is 1. The van der Waals surface area contributed by atoms with Gasteiger partial charge in [-0.05, 0) is 17.9 Å². The standard InChI is InChI=1S/C16H20N2OS/c1-12(2)8-9-15(19)18-16-17-11-14(20-16)10-13-6-4-3-5-7-13/h3-7,11-12H,8-10H2,1-2H3,(H,17,18,19). The number of hydrogen-bond donors (Lipinski definition) is 1. The first-order valence-corrected chi connectivity index (χ1v) is 7.73. The van der Waals surface area contributed by atoms with Crippen LogP contribution in [0.25, 0.3) is 0 Å². The fourth-order valence-corrected chi connectivity index (χ4v) is 2.71. The molecule has 3 nitrogen and oxygen atoms in total. The van der Waals surface area contributed by atoms with Gasteiger partial charge in [0.15, 0.2) is 5.13 Å². The molecule has 1 heterocycles. The van der Waals surface area contributed by atoms with Gasteiger partial charge in [0, 0.05) is 23.9 Å². The molecule has 0 radical (unpaired) electrons. The van der Waals surface area contributed by atoms with Gasteiger partial charge in [-0.3, -0.25) is 4.79 Å². The van der Waals surface area contributed by atoms with Crippen LogP contribution in [0, 0.1) is 5.92 Å². The normalized spacial score (nSPS) is 10.8. The van der Waals surface area contributed by atoms with E-state index in [0.717, 1.165) is 17.7 Å². The smallest absolute Gasteiger partial charge is 0.226 e. The van der Waals surface area contributed by atoms with Gasteiger partial charge in [0.2, 0.25) is 5.91 Å². The minimum atomic E-state index is 0.0549. The van der Waals surface area contributed by atoms with Crippen molar-refractivity contribution in [3.8, 4) is 0 Å². The fraction of sp³-hybridized carbons (Fsp3) is 0.375. The molecule has 2 aromatic rings. The maximum atomic E-state index is 11.7. The quantitative estimate of drug-likeness (QED) is 0.869. The molecule has 0 aliphatic heterocycles. The number of amides is 1. The number of aromatic nitrogens is 1. The van der Waals surface area contributed by atoms with Crippen LogP contribution >= 0.6 is 11.3 Å². The minimum absolute atomic E-state index is 0.0549. The van der Waals surface area contributed by atoms with E-state index in [0.29, 0.717) is 17.5 Å². The van der Waals surface area contributed by atoms with Crippen molar-refractivity contribution in [2.24, 2.45) is 5.92 Å². The third-order valence-electron chi connectivity index (χ3n) is 2.97. The molecule has 0 spiro atoms. The summed E-state index contributed by atoms with van der Waals surface area (Å²) in [4.78, 5) is 17.2. The van der Waals surface area contributed by atoms with Gasteiger partial charge in [0.1, 0.15) is 0 Å². The van der Waals surface area contributed by atoms with E-state index >= 15 is 0 Å². The highest BCUT2D eigenvalue weighted by Crippen LogP contribution is 2.21. The molecule has 2 rings (SSSR count). The molecule has 0 saturated heterocycles. The molecule has 1 aromatic heterocycles. The molecule has 0 atom stereocenters. The molecular weight excluding hydrogens is 268 g/mol. The Morgan fingerprint density at radius 2 is 2.05 bits per heavy atom. The van der Waals surface area contributed by atoms with E-state index in [1.165, 1.54) is 5.56 Å². The van der Waals surface area contributed by atoms with Crippen LogP contribution in [0.2, 0.25) is 0 Å². The van der Waals surface area contributed by atoms with Gasteiger partial charge in [-0.1, -0.05) is 44.2 Å². The Bertz CT molecular complexity index is 549. The van der Waals surface area contributed by atoms with Crippen molar-refractivity contribution in [3.05, 3.63) is 47.0 Å². The van der Waals surface area contributed by atoms with Crippen LogP contribution < -0.4 is 5.32 Å². The molecule has 1 amide bonds. The SMILES string of the molecule is CC(C)CCC(=O)Nc1ncc(Cc2ccccc2)s1. The highest BCUT2D eigenvalue weighted by atomic mass is 32.1. The van der Waals surface area contributed by atoms with E-state index in [4.69, 9.17) is 0 Å². The van der Waals surface area contributed by atoms with E-state index in [9.17, 15) is 4.79 Å². The average Bonchev–Trinajstić information content (AvgIpc) is 2.85. The van der Waals surface area contributed by atoms with Gasteiger partial charge in [0.25, 0.3) is 0 Å². The number of rotatable bonds is 6. The second kappa shape index (κ2) is 7.20. The van der Waals surface area contributed by atoms with Crippen molar-refractivity contribution in [1.29, 1.82) is 0 Å². The molecule has 106 valence electrons. The second-order valence-electron chi connectivity index (χ2n) is 5.27. The highest BCUT2D eigenvalue weighted by molar-refractivity contribution is 7.15. The maximum Gasteiger partial charge on any atom is 0.226 e. The van der Waals surface area contributed by atoms with Crippen molar-refractivity contribution in [2.75, 3.05) is 5.32 Å². The third-order valence-corrected chi connectivity index (χ3v) is 3.88. The summed E-state index contributed by atoms with van der Waals surface area (Å²) < 4.78 is 0. The predicted octanol–water partition coefficient (Wildman–Crippen LogP) is 4.11. The second-order valence-corrected chi connectivity index (χ2v) is 6.39. The number of nitrogens with one attached hydrogen (secondary N) is 1. The largest absolute Gasteiger partial charge is 0.302 e. The van der Waals surface area contributed by atoms with E-state index in [1.807, 2.05) is 24.4 Å². The summed E-state index contributed by atoms with van der Waals surface area (Å²) in [5.74, 6) is 0.602. The number of nitrogens with zero attached hydrogens (tertiary/aromatic N) is 1. The number of carbonyl (C=O) groups is 1. The van der Waals surface area contributed by atoms with E-state index in [2.05, 4.69) is 36.3 Å². The summed E-state index contributed by atoms with van der Waals surface area (Å²) >= 11 is 1.55. The van der Waals surface area contributed by atoms with E-state index in [1.54, 1.807) is 11.3 Å². The Kier molecular flexibility index (Phi) is 5.30.